The van der Waals surface area contributed by atoms with E-state index in [0.717, 1.165) is 5.69 Å². The van der Waals surface area contributed by atoms with Crippen LogP contribution in [0.1, 0.15) is 12.6 Å². The number of hydrazine groups is 1. The maximum atomic E-state index is 12.8. The predicted molar refractivity (Wildman–Crippen MR) is 108 cm³/mol. The van der Waals surface area contributed by atoms with Crippen molar-refractivity contribution in [3.05, 3.63) is 46.4 Å². The quantitative estimate of drug-likeness (QED) is 0.691. The number of carbonyl (C=O) groups excluding carboxylic acids is 2. The Morgan fingerprint density at radius 2 is 1.85 bits per heavy atom. The van der Waals surface area contributed by atoms with Gasteiger partial charge in [-0.2, -0.15) is 0 Å². The van der Waals surface area contributed by atoms with Crippen molar-refractivity contribution in [2.75, 3.05) is 25.2 Å². The van der Waals surface area contributed by atoms with Gasteiger partial charge in [-0.05, 0) is 26.0 Å². The highest BCUT2D eigenvalue weighted by Crippen LogP contribution is 2.17. The summed E-state index contributed by atoms with van der Waals surface area (Å²) in [7, 11) is 5.20. The Bertz CT molecular complexity index is 873. The van der Waals surface area contributed by atoms with Gasteiger partial charge in [0.2, 0.25) is 11.8 Å². The van der Waals surface area contributed by atoms with Crippen LogP contribution in [-0.4, -0.2) is 51.3 Å². The van der Waals surface area contributed by atoms with E-state index in [1.165, 1.54) is 16.4 Å². The van der Waals surface area contributed by atoms with Gasteiger partial charge in [-0.1, -0.05) is 18.2 Å². The smallest absolute Gasteiger partial charge is 0.295 e. The Hall–Kier alpha value is -2.52. The summed E-state index contributed by atoms with van der Waals surface area (Å²) in [5.41, 5.74) is 3.94. The molecule has 27 heavy (non-hydrogen) atoms. The molecule has 1 atom stereocenters. The summed E-state index contributed by atoms with van der Waals surface area (Å²) in [5.74, 6) is -0.356. The Labute approximate surface area is 162 Å². The second-order valence-electron chi connectivity index (χ2n) is 6.31. The number of carbonyl (C=O) groups is 2. The summed E-state index contributed by atoms with van der Waals surface area (Å²) in [6, 6.07) is 9.22. The van der Waals surface area contributed by atoms with Gasteiger partial charge in [0, 0.05) is 21.1 Å². The average Bonchev–Trinajstić information content (AvgIpc) is 2.83. The zero-order chi connectivity index (χ0) is 20.1. The third kappa shape index (κ3) is 5.01. The monoisotopic (exact) mass is 391 g/mol. The van der Waals surface area contributed by atoms with Gasteiger partial charge in [0.05, 0.1) is 22.4 Å². The van der Waals surface area contributed by atoms with E-state index in [9.17, 15) is 14.4 Å². The number of hydrogen-bond donors (Lipinski definition) is 2. The lowest BCUT2D eigenvalue weighted by Crippen LogP contribution is -2.38. The van der Waals surface area contributed by atoms with Gasteiger partial charge in [0.15, 0.2) is 0 Å². The number of aromatic nitrogens is 2. The minimum Gasteiger partial charge on any atom is -0.319 e. The molecular weight excluding hydrogens is 366 g/mol. The first-order chi connectivity index (χ1) is 12.7. The number of benzene rings is 1. The number of anilines is 1. The van der Waals surface area contributed by atoms with Crippen LogP contribution in [0.3, 0.4) is 0 Å². The largest absolute Gasteiger partial charge is 0.319 e. The Morgan fingerprint density at radius 3 is 2.44 bits per heavy atom. The van der Waals surface area contributed by atoms with Gasteiger partial charge >= 0.3 is 0 Å². The minimum atomic E-state index is -0.484. The number of nitrogens with one attached hydrogen (secondary N) is 2. The van der Waals surface area contributed by atoms with Crippen LogP contribution in [0.4, 0.5) is 5.69 Å². The van der Waals surface area contributed by atoms with E-state index in [1.54, 1.807) is 44.7 Å². The molecule has 0 radical (unpaired) electrons. The van der Waals surface area contributed by atoms with Crippen LogP contribution in [0.5, 0.6) is 0 Å². The first-order valence-corrected chi connectivity index (χ1v) is 9.50. The molecule has 2 amide bonds. The van der Waals surface area contributed by atoms with Crippen molar-refractivity contribution in [1.82, 2.24) is 19.8 Å². The molecule has 1 aromatic carbocycles. The van der Waals surface area contributed by atoms with E-state index in [4.69, 9.17) is 0 Å². The van der Waals surface area contributed by atoms with Gasteiger partial charge < -0.3 is 5.32 Å². The molecule has 2 N–H and O–H groups in total. The SMILES string of the molecule is Cc1c(NC(=O)[C@@H](C)SCC(=O)NN(C)C)c(=O)n(-c2ccccc2)n1C. The van der Waals surface area contributed by atoms with E-state index >= 15 is 0 Å². The van der Waals surface area contributed by atoms with Gasteiger partial charge in [-0.25, -0.2) is 9.69 Å². The zero-order valence-corrected chi connectivity index (χ0v) is 17.0. The van der Waals surface area contributed by atoms with Crippen molar-refractivity contribution >= 4 is 29.3 Å². The van der Waals surface area contributed by atoms with Crippen LogP contribution < -0.4 is 16.3 Å². The van der Waals surface area contributed by atoms with Crippen molar-refractivity contribution in [3.8, 4) is 5.69 Å². The van der Waals surface area contributed by atoms with Gasteiger partial charge in [-0.3, -0.25) is 24.5 Å². The Balaban J connectivity index is 2.12. The third-order valence-corrected chi connectivity index (χ3v) is 5.13. The lowest BCUT2D eigenvalue weighted by atomic mass is 10.3. The normalized spacial score (nSPS) is 12.1. The molecule has 2 aromatic rings. The number of para-hydroxylation sites is 1. The Morgan fingerprint density at radius 1 is 1.22 bits per heavy atom. The molecule has 0 aliphatic heterocycles. The summed E-state index contributed by atoms with van der Waals surface area (Å²) < 4.78 is 3.21. The highest BCUT2D eigenvalue weighted by atomic mass is 32.2. The van der Waals surface area contributed by atoms with E-state index in [1.807, 2.05) is 30.3 Å². The number of thioether (sulfide) groups is 1. The van der Waals surface area contributed by atoms with Gasteiger partial charge in [0.1, 0.15) is 5.69 Å². The lowest BCUT2D eigenvalue weighted by molar-refractivity contribution is -0.122. The zero-order valence-electron chi connectivity index (χ0n) is 16.1. The van der Waals surface area contributed by atoms with Gasteiger partial charge in [-0.15, -0.1) is 11.8 Å². The molecule has 0 bridgehead atoms. The second kappa shape index (κ2) is 8.92. The molecule has 2 rings (SSSR count). The maximum absolute atomic E-state index is 12.8. The molecule has 0 aliphatic rings. The Kier molecular flexibility index (Phi) is 6.86. The van der Waals surface area contributed by atoms with Crippen LogP contribution in [0.2, 0.25) is 0 Å². The maximum Gasteiger partial charge on any atom is 0.295 e. The summed E-state index contributed by atoms with van der Waals surface area (Å²) in [6.07, 6.45) is 0. The van der Waals surface area contributed by atoms with Crippen molar-refractivity contribution in [1.29, 1.82) is 0 Å². The fourth-order valence-electron chi connectivity index (χ4n) is 2.50. The van der Waals surface area contributed by atoms with Crippen LogP contribution in [0.15, 0.2) is 35.1 Å². The molecule has 9 heteroatoms. The average molecular weight is 391 g/mol. The molecular formula is C18H25N5O3S. The summed E-state index contributed by atoms with van der Waals surface area (Å²) in [5, 5.41) is 3.78. The van der Waals surface area contributed by atoms with E-state index in [-0.39, 0.29) is 28.8 Å². The first-order valence-electron chi connectivity index (χ1n) is 8.45. The summed E-state index contributed by atoms with van der Waals surface area (Å²) in [6.45, 7) is 3.48. The van der Waals surface area contributed by atoms with E-state index in [2.05, 4.69) is 10.7 Å². The van der Waals surface area contributed by atoms with Crippen LogP contribution in [-0.2, 0) is 16.6 Å². The van der Waals surface area contributed by atoms with Crippen molar-refractivity contribution in [2.45, 2.75) is 19.1 Å². The van der Waals surface area contributed by atoms with E-state index < -0.39 is 5.25 Å². The summed E-state index contributed by atoms with van der Waals surface area (Å²) >= 11 is 1.21. The second-order valence-corrected chi connectivity index (χ2v) is 7.64. The summed E-state index contributed by atoms with van der Waals surface area (Å²) in [4.78, 5) is 37.0. The molecule has 0 spiro atoms. The predicted octanol–water partition coefficient (Wildman–Crippen LogP) is 1.14. The van der Waals surface area contributed by atoms with Crippen LogP contribution >= 0.6 is 11.8 Å². The minimum absolute atomic E-state index is 0.148. The topological polar surface area (TPSA) is 88.4 Å². The molecule has 0 saturated carbocycles. The van der Waals surface area contributed by atoms with Crippen molar-refractivity contribution in [3.63, 3.8) is 0 Å². The van der Waals surface area contributed by atoms with Crippen LogP contribution in [0, 0.1) is 6.92 Å². The highest BCUT2D eigenvalue weighted by Gasteiger charge is 2.21. The number of hydrogen-bond acceptors (Lipinski definition) is 5. The van der Waals surface area contributed by atoms with Crippen molar-refractivity contribution in [2.24, 2.45) is 7.05 Å². The molecule has 8 nitrogen and oxygen atoms in total. The number of rotatable bonds is 7. The fourth-order valence-corrected chi connectivity index (χ4v) is 3.17. The van der Waals surface area contributed by atoms with Gasteiger partial charge in [0.25, 0.3) is 5.56 Å². The molecule has 1 aromatic heterocycles. The number of amides is 2. The van der Waals surface area contributed by atoms with Crippen LogP contribution in [0.25, 0.3) is 5.69 Å². The molecule has 0 unspecified atom stereocenters. The highest BCUT2D eigenvalue weighted by molar-refractivity contribution is 8.01. The first kappa shape index (κ1) is 20.8. The standard InChI is InChI=1S/C18H25N5O3S/c1-12-16(18(26)23(22(12)5)14-9-7-6-8-10-14)19-17(25)13(2)27-11-15(24)20-21(3)4/h6-10,13H,11H2,1-5H3,(H,19,25)(H,20,24)/t13-/m1/s1. The molecule has 146 valence electrons. The lowest BCUT2D eigenvalue weighted by Gasteiger charge is -2.14. The van der Waals surface area contributed by atoms with E-state index in [0.29, 0.717) is 5.69 Å². The molecule has 0 fully saturated rings. The molecule has 1 heterocycles. The third-order valence-electron chi connectivity index (χ3n) is 3.98. The number of nitrogens with zero attached hydrogens (tertiary/aromatic N) is 3. The fraction of sp³-hybridized carbons (Fsp3) is 0.389. The van der Waals surface area contributed by atoms with Crippen molar-refractivity contribution < 1.29 is 9.59 Å². The molecule has 0 saturated heterocycles. The molecule has 0 aliphatic carbocycles.